The minimum atomic E-state index is -1.83. The van der Waals surface area contributed by atoms with Crippen LogP contribution in [0, 0.1) is 0 Å². The molecular weight excluding hydrogens is 207 g/mol. The maximum absolute atomic E-state index is 8.56. The molecule has 1 aromatic rings. The van der Waals surface area contributed by atoms with E-state index in [1.165, 1.54) is 5.56 Å². The molecule has 15 heavy (non-hydrogen) atoms. The molecule has 0 bridgehead atoms. The van der Waals surface area contributed by atoms with Gasteiger partial charge in [0, 0.05) is 5.56 Å². The van der Waals surface area contributed by atoms with Crippen LogP contribution in [0.2, 0.25) is 0 Å². The fraction of sp³-hybridized carbons (Fsp3) is 0.100. The zero-order chi connectivity index (χ0) is 10.4. The Morgan fingerprint density at radius 1 is 1.27 bits per heavy atom. The summed E-state index contributed by atoms with van der Waals surface area (Å²) in [5.74, 6) is 0.991. The summed E-state index contributed by atoms with van der Waals surface area (Å²) in [4.78, 5) is 8.56. The van der Waals surface area contributed by atoms with Crippen LogP contribution in [0.4, 0.5) is 4.79 Å². The number of carbonyl (C=O) groups is 1. The average Bonchev–Trinajstić information content (AvgIpc) is 2.17. The van der Waals surface area contributed by atoms with Crippen molar-refractivity contribution in [2.45, 2.75) is 0 Å². The van der Waals surface area contributed by atoms with Gasteiger partial charge in [-0.1, -0.05) is 24.3 Å². The van der Waals surface area contributed by atoms with Crippen LogP contribution in [0.25, 0.3) is 6.08 Å². The quantitative estimate of drug-likeness (QED) is 0.650. The van der Waals surface area contributed by atoms with Crippen molar-refractivity contribution in [1.82, 2.24) is 0 Å². The molecule has 0 amide bonds. The molecule has 1 heterocycles. The van der Waals surface area contributed by atoms with Gasteiger partial charge in [-0.15, -0.1) is 0 Å². The molecule has 5 heteroatoms. The Kier molecular flexibility index (Phi) is 6.86. The molecule has 4 nitrogen and oxygen atoms in total. The van der Waals surface area contributed by atoms with Gasteiger partial charge in [-0.25, -0.2) is 4.79 Å². The molecule has 0 saturated heterocycles. The Hall–Kier alpha value is -0.970. The fourth-order valence-corrected chi connectivity index (χ4v) is 1.06. The first-order chi connectivity index (χ1) is 6.70. The molecule has 1 aliphatic heterocycles. The van der Waals surface area contributed by atoms with Crippen molar-refractivity contribution in [3.05, 3.63) is 35.9 Å². The van der Waals surface area contributed by atoms with Crippen molar-refractivity contribution < 1.29 is 19.7 Å². The summed E-state index contributed by atoms with van der Waals surface area (Å²) < 4.78 is 5.34. The summed E-state index contributed by atoms with van der Waals surface area (Å²) in [6.07, 6.45) is 2.27. The van der Waals surface area contributed by atoms with Gasteiger partial charge in [-0.2, -0.15) is 0 Å². The SMILES string of the molecule is C1=Cc2ccccc2OC1.O=C(O)O.[NaH]. The van der Waals surface area contributed by atoms with Gasteiger partial charge in [-0.05, 0) is 12.1 Å². The summed E-state index contributed by atoms with van der Waals surface area (Å²) in [6, 6.07) is 8.03. The van der Waals surface area contributed by atoms with E-state index in [2.05, 4.69) is 6.08 Å². The molecule has 76 valence electrons. The van der Waals surface area contributed by atoms with Crippen LogP contribution in [-0.4, -0.2) is 52.5 Å². The molecule has 1 aromatic carbocycles. The molecule has 0 atom stereocenters. The summed E-state index contributed by atoms with van der Waals surface area (Å²) in [5, 5.41) is 13.9. The summed E-state index contributed by atoms with van der Waals surface area (Å²) in [7, 11) is 0. The van der Waals surface area contributed by atoms with E-state index in [4.69, 9.17) is 19.7 Å². The second-order valence-electron chi connectivity index (χ2n) is 2.53. The summed E-state index contributed by atoms with van der Waals surface area (Å²) in [6.45, 7) is 0.705. The van der Waals surface area contributed by atoms with Gasteiger partial charge in [-0.3, -0.25) is 0 Å². The minimum absolute atomic E-state index is 0. The number of ether oxygens (including phenoxy) is 1. The molecule has 0 unspecified atom stereocenters. The molecule has 0 fully saturated rings. The second kappa shape index (κ2) is 7.34. The van der Waals surface area contributed by atoms with Crippen molar-refractivity contribution in [1.29, 1.82) is 0 Å². The number of fused-ring (bicyclic) bond motifs is 1. The zero-order valence-electron chi connectivity index (χ0n) is 7.38. The Balaban J connectivity index is 0.000000346. The first kappa shape index (κ1) is 14.0. The van der Waals surface area contributed by atoms with Crippen molar-refractivity contribution in [2.24, 2.45) is 0 Å². The molecular formula is C10H11NaO4. The van der Waals surface area contributed by atoms with Crippen molar-refractivity contribution in [3.8, 4) is 5.75 Å². The van der Waals surface area contributed by atoms with Gasteiger partial charge in [0.15, 0.2) is 0 Å². The number of benzene rings is 1. The van der Waals surface area contributed by atoms with Crippen LogP contribution in [-0.2, 0) is 0 Å². The topological polar surface area (TPSA) is 66.8 Å². The third-order valence-electron chi connectivity index (χ3n) is 1.55. The van der Waals surface area contributed by atoms with Gasteiger partial charge in [0.1, 0.15) is 12.4 Å². The second-order valence-corrected chi connectivity index (χ2v) is 2.53. The molecule has 0 aliphatic carbocycles. The van der Waals surface area contributed by atoms with Crippen molar-refractivity contribution in [3.63, 3.8) is 0 Å². The molecule has 0 saturated carbocycles. The summed E-state index contributed by atoms with van der Waals surface area (Å²) >= 11 is 0. The van der Waals surface area contributed by atoms with E-state index in [0.717, 1.165) is 5.75 Å². The predicted octanol–water partition coefficient (Wildman–Crippen LogP) is 1.67. The maximum atomic E-state index is 8.56. The Bertz CT molecular complexity index is 345. The van der Waals surface area contributed by atoms with E-state index < -0.39 is 6.16 Å². The zero-order valence-corrected chi connectivity index (χ0v) is 7.38. The third kappa shape index (κ3) is 5.47. The number of carboxylic acid groups (broad SMARTS) is 2. The number of para-hydroxylation sites is 1. The predicted molar refractivity (Wildman–Crippen MR) is 58.8 cm³/mol. The Morgan fingerprint density at radius 2 is 1.87 bits per heavy atom. The van der Waals surface area contributed by atoms with Crippen LogP contribution in [0.1, 0.15) is 5.56 Å². The third-order valence-corrected chi connectivity index (χ3v) is 1.55. The molecule has 0 spiro atoms. The van der Waals surface area contributed by atoms with Crippen molar-refractivity contribution in [2.75, 3.05) is 6.61 Å². The standard InChI is InChI=1S/C9H8O.CH2O3.Na.H/c1-2-6-9-8(4-1)5-3-7-10-9;2-1(3)4;;/h1-6H,7H2;(H2,2,3,4);;. The van der Waals surface area contributed by atoms with Gasteiger partial charge in [0.2, 0.25) is 0 Å². The number of hydrogen-bond donors (Lipinski definition) is 2. The first-order valence-electron chi connectivity index (χ1n) is 4.00. The van der Waals surface area contributed by atoms with Gasteiger partial charge in [0.25, 0.3) is 0 Å². The molecule has 2 N–H and O–H groups in total. The molecule has 2 rings (SSSR count). The van der Waals surface area contributed by atoms with Crippen molar-refractivity contribution >= 4 is 41.8 Å². The van der Waals surface area contributed by atoms with Crippen LogP contribution in [0.3, 0.4) is 0 Å². The van der Waals surface area contributed by atoms with E-state index in [1.54, 1.807) is 0 Å². The van der Waals surface area contributed by atoms with E-state index >= 15 is 0 Å². The molecule has 0 aromatic heterocycles. The molecule has 0 radical (unpaired) electrons. The van der Waals surface area contributed by atoms with Gasteiger partial charge < -0.3 is 14.9 Å². The van der Waals surface area contributed by atoms with Crippen LogP contribution in [0.5, 0.6) is 5.75 Å². The summed E-state index contributed by atoms with van der Waals surface area (Å²) in [5.41, 5.74) is 1.17. The van der Waals surface area contributed by atoms with E-state index in [0.29, 0.717) is 6.61 Å². The fourth-order valence-electron chi connectivity index (χ4n) is 1.06. The first-order valence-corrected chi connectivity index (χ1v) is 4.00. The number of hydrogen-bond acceptors (Lipinski definition) is 2. The molecule has 1 aliphatic rings. The van der Waals surface area contributed by atoms with E-state index in [9.17, 15) is 0 Å². The van der Waals surface area contributed by atoms with E-state index in [1.807, 2.05) is 30.3 Å². The Labute approximate surface area is 109 Å². The van der Waals surface area contributed by atoms with Crippen LogP contribution < -0.4 is 4.74 Å². The van der Waals surface area contributed by atoms with Crippen LogP contribution >= 0.6 is 0 Å². The monoisotopic (exact) mass is 218 g/mol. The number of rotatable bonds is 0. The Morgan fingerprint density at radius 3 is 2.47 bits per heavy atom. The van der Waals surface area contributed by atoms with Gasteiger partial charge in [0.05, 0.1) is 0 Å². The average molecular weight is 218 g/mol. The van der Waals surface area contributed by atoms with E-state index in [-0.39, 0.29) is 29.6 Å². The van der Waals surface area contributed by atoms with Gasteiger partial charge >= 0.3 is 35.7 Å². The van der Waals surface area contributed by atoms with Crippen LogP contribution in [0.15, 0.2) is 30.3 Å². The normalized spacial score (nSPS) is 10.9.